The first-order valence-electron chi connectivity index (χ1n) is 9.01. The van der Waals surface area contributed by atoms with Crippen LogP contribution in [0.4, 0.5) is 24.9 Å². The van der Waals surface area contributed by atoms with Gasteiger partial charge in [-0.05, 0) is 30.2 Å². The SMILES string of the molecule is CN(C)c1ccnc(N(C)C2CCN(Cc3cccc(OC(F)(F)F)c3)C2)n1. The lowest BCUT2D eigenvalue weighted by Gasteiger charge is -2.26. The molecule has 2 aromatic rings. The largest absolute Gasteiger partial charge is 0.573 e. The molecule has 1 saturated heterocycles. The van der Waals surface area contributed by atoms with Crippen molar-refractivity contribution >= 4 is 11.8 Å². The van der Waals surface area contributed by atoms with E-state index in [0.29, 0.717) is 12.5 Å². The van der Waals surface area contributed by atoms with Gasteiger partial charge in [0.1, 0.15) is 11.6 Å². The number of alkyl halides is 3. The van der Waals surface area contributed by atoms with Crippen LogP contribution >= 0.6 is 0 Å². The zero-order valence-electron chi connectivity index (χ0n) is 16.1. The van der Waals surface area contributed by atoms with Crippen LogP contribution < -0.4 is 14.5 Å². The van der Waals surface area contributed by atoms with E-state index < -0.39 is 6.36 Å². The molecule has 0 N–H and O–H groups in total. The molecule has 1 aromatic carbocycles. The highest BCUT2D eigenvalue weighted by molar-refractivity contribution is 5.42. The summed E-state index contributed by atoms with van der Waals surface area (Å²) in [7, 11) is 5.83. The lowest BCUT2D eigenvalue weighted by atomic mass is 10.2. The molecule has 1 aliphatic heterocycles. The van der Waals surface area contributed by atoms with E-state index in [4.69, 9.17) is 0 Å². The van der Waals surface area contributed by atoms with Gasteiger partial charge in [-0.2, -0.15) is 4.98 Å². The van der Waals surface area contributed by atoms with Gasteiger partial charge in [-0.3, -0.25) is 4.90 Å². The Kier molecular flexibility index (Phi) is 5.93. The van der Waals surface area contributed by atoms with E-state index in [9.17, 15) is 13.2 Å². The maximum Gasteiger partial charge on any atom is 0.573 e. The fourth-order valence-corrected chi connectivity index (χ4v) is 3.29. The molecule has 1 aliphatic rings. The molecule has 0 saturated carbocycles. The quantitative estimate of drug-likeness (QED) is 0.749. The molecule has 1 unspecified atom stereocenters. The predicted octanol–water partition coefficient (Wildman–Crippen LogP) is 3.15. The van der Waals surface area contributed by atoms with Crippen LogP contribution in [0.15, 0.2) is 36.5 Å². The molecule has 9 heteroatoms. The second kappa shape index (κ2) is 8.22. The Morgan fingerprint density at radius 2 is 2.00 bits per heavy atom. The van der Waals surface area contributed by atoms with Crippen molar-refractivity contribution in [3.05, 3.63) is 42.1 Å². The van der Waals surface area contributed by atoms with Gasteiger partial charge >= 0.3 is 6.36 Å². The lowest BCUT2D eigenvalue weighted by molar-refractivity contribution is -0.274. The molecule has 6 nitrogen and oxygen atoms in total. The third kappa shape index (κ3) is 5.25. The second-order valence-corrected chi connectivity index (χ2v) is 7.09. The van der Waals surface area contributed by atoms with E-state index in [0.717, 1.165) is 30.9 Å². The van der Waals surface area contributed by atoms with Gasteiger partial charge in [0.25, 0.3) is 0 Å². The zero-order valence-corrected chi connectivity index (χ0v) is 16.1. The van der Waals surface area contributed by atoms with E-state index in [-0.39, 0.29) is 11.8 Å². The average Bonchev–Trinajstić information content (AvgIpc) is 3.08. The van der Waals surface area contributed by atoms with Crippen LogP contribution in [0.2, 0.25) is 0 Å². The molecule has 2 heterocycles. The number of ether oxygens (including phenoxy) is 1. The fourth-order valence-electron chi connectivity index (χ4n) is 3.29. The Bertz CT molecular complexity index is 799. The number of hydrogen-bond donors (Lipinski definition) is 0. The monoisotopic (exact) mass is 395 g/mol. The minimum absolute atomic E-state index is 0.188. The summed E-state index contributed by atoms with van der Waals surface area (Å²) in [4.78, 5) is 15.1. The highest BCUT2D eigenvalue weighted by atomic mass is 19.4. The summed E-state index contributed by atoms with van der Waals surface area (Å²) in [5.74, 6) is 1.32. The van der Waals surface area contributed by atoms with E-state index >= 15 is 0 Å². The van der Waals surface area contributed by atoms with E-state index in [1.54, 1.807) is 12.3 Å². The van der Waals surface area contributed by atoms with Crippen LogP contribution in [0.25, 0.3) is 0 Å². The smallest absolute Gasteiger partial charge is 0.406 e. The van der Waals surface area contributed by atoms with Crippen LogP contribution in [0.5, 0.6) is 5.75 Å². The molecule has 0 radical (unpaired) electrons. The Labute approximate surface area is 162 Å². The number of nitrogens with zero attached hydrogens (tertiary/aromatic N) is 5. The van der Waals surface area contributed by atoms with Crippen molar-refractivity contribution in [1.82, 2.24) is 14.9 Å². The first-order chi connectivity index (χ1) is 13.2. The van der Waals surface area contributed by atoms with Gasteiger partial charge in [0, 0.05) is 53.0 Å². The van der Waals surface area contributed by atoms with Crippen LogP contribution in [-0.4, -0.2) is 61.5 Å². The summed E-state index contributed by atoms with van der Waals surface area (Å²) in [5, 5.41) is 0. The predicted molar refractivity (Wildman–Crippen MR) is 102 cm³/mol. The highest BCUT2D eigenvalue weighted by Crippen LogP contribution is 2.25. The minimum Gasteiger partial charge on any atom is -0.406 e. The van der Waals surface area contributed by atoms with Crippen molar-refractivity contribution in [2.45, 2.75) is 25.4 Å². The Morgan fingerprint density at radius 1 is 1.21 bits per heavy atom. The third-order valence-electron chi connectivity index (χ3n) is 4.74. The summed E-state index contributed by atoms with van der Waals surface area (Å²) in [6, 6.07) is 8.24. The number of aromatic nitrogens is 2. The van der Waals surface area contributed by atoms with Crippen molar-refractivity contribution in [3.63, 3.8) is 0 Å². The maximum atomic E-state index is 12.4. The van der Waals surface area contributed by atoms with Gasteiger partial charge < -0.3 is 14.5 Å². The molecule has 1 aromatic heterocycles. The van der Waals surface area contributed by atoms with Gasteiger partial charge in [0.2, 0.25) is 5.95 Å². The van der Waals surface area contributed by atoms with Gasteiger partial charge in [-0.15, -0.1) is 13.2 Å². The average molecular weight is 395 g/mol. The van der Waals surface area contributed by atoms with E-state index in [1.165, 1.54) is 12.1 Å². The van der Waals surface area contributed by atoms with Gasteiger partial charge in [-0.25, -0.2) is 4.98 Å². The molecule has 0 spiro atoms. The van der Waals surface area contributed by atoms with Gasteiger partial charge in [0.05, 0.1) is 0 Å². The van der Waals surface area contributed by atoms with Crippen molar-refractivity contribution in [1.29, 1.82) is 0 Å². The number of likely N-dealkylation sites (N-methyl/N-ethyl adjacent to an activating group) is 1. The Balaban J connectivity index is 1.61. The third-order valence-corrected chi connectivity index (χ3v) is 4.74. The Hall–Kier alpha value is -2.55. The first kappa shape index (κ1) is 20.2. The number of rotatable bonds is 6. The van der Waals surface area contributed by atoms with Crippen LogP contribution in [0.1, 0.15) is 12.0 Å². The van der Waals surface area contributed by atoms with Crippen molar-refractivity contribution in [2.24, 2.45) is 0 Å². The molecule has 3 rings (SSSR count). The summed E-state index contributed by atoms with van der Waals surface area (Å²) < 4.78 is 41.2. The second-order valence-electron chi connectivity index (χ2n) is 7.09. The highest BCUT2D eigenvalue weighted by Gasteiger charge is 2.31. The van der Waals surface area contributed by atoms with Gasteiger partial charge in [-0.1, -0.05) is 12.1 Å². The van der Waals surface area contributed by atoms with Crippen molar-refractivity contribution in [2.75, 3.05) is 44.0 Å². The summed E-state index contributed by atoms with van der Waals surface area (Å²) in [5.41, 5.74) is 0.788. The number of anilines is 2. The van der Waals surface area contributed by atoms with Crippen molar-refractivity contribution in [3.8, 4) is 5.75 Å². The molecule has 0 amide bonds. The molecule has 1 fully saturated rings. The lowest BCUT2D eigenvalue weighted by Crippen LogP contribution is -2.35. The molecule has 0 aliphatic carbocycles. The molecule has 28 heavy (non-hydrogen) atoms. The minimum atomic E-state index is -4.68. The van der Waals surface area contributed by atoms with Gasteiger partial charge in [0.15, 0.2) is 0 Å². The topological polar surface area (TPSA) is 44.7 Å². The molecule has 0 bridgehead atoms. The summed E-state index contributed by atoms with van der Waals surface area (Å²) >= 11 is 0. The van der Waals surface area contributed by atoms with Crippen LogP contribution in [0, 0.1) is 0 Å². The van der Waals surface area contributed by atoms with E-state index in [2.05, 4.69) is 24.5 Å². The maximum absolute atomic E-state index is 12.4. The molecular weight excluding hydrogens is 371 g/mol. The normalized spacial score (nSPS) is 17.6. The Morgan fingerprint density at radius 3 is 2.71 bits per heavy atom. The number of halogens is 3. The molecular formula is C19H24F3N5O. The number of hydrogen-bond acceptors (Lipinski definition) is 6. The molecule has 1 atom stereocenters. The van der Waals surface area contributed by atoms with Crippen molar-refractivity contribution < 1.29 is 17.9 Å². The summed E-state index contributed by atoms with van der Waals surface area (Å²) in [6.45, 7) is 2.21. The van der Waals surface area contributed by atoms with Crippen LogP contribution in [0.3, 0.4) is 0 Å². The standard InChI is InChI=1S/C19H24F3N5O/c1-25(2)17-7-9-23-18(24-17)26(3)15-8-10-27(13-15)12-14-5-4-6-16(11-14)28-19(20,21)22/h4-7,9,11,15H,8,10,12-13H2,1-3H3. The summed E-state index contributed by atoms with van der Waals surface area (Å²) in [6.07, 6.45) is -2.00. The fraction of sp³-hybridized carbons (Fsp3) is 0.474. The number of benzene rings is 1. The van der Waals surface area contributed by atoms with E-state index in [1.807, 2.05) is 38.2 Å². The molecule has 152 valence electrons. The zero-order chi connectivity index (χ0) is 20.3. The number of likely N-dealkylation sites (tertiary alicyclic amines) is 1. The first-order valence-corrected chi connectivity index (χ1v) is 9.01. The van der Waals surface area contributed by atoms with Crippen LogP contribution in [-0.2, 0) is 6.54 Å².